The molecule has 0 atom stereocenters. The van der Waals surface area contributed by atoms with Crippen LogP contribution in [0.4, 0.5) is 4.79 Å². The van der Waals surface area contributed by atoms with E-state index in [4.69, 9.17) is 9.47 Å². The number of fused-ring (bicyclic) bond motifs is 3. The van der Waals surface area contributed by atoms with Crippen LogP contribution < -0.4 is 0 Å². The lowest BCUT2D eigenvalue weighted by molar-refractivity contribution is 0.0341. The van der Waals surface area contributed by atoms with Gasteiger partial charge < -0.3 is 14.4 Å². The SMILES string of the molecule is CN(C)C(=O)OC(C)(C)C.c1ccc2c3n(nc2c1)CCOC3. The number of benzene rings is 1. The Balaban J connectivity index is 0.000000175. The summed E-state index contributed by atoms with van der Waals surface area (Å²) in [6, 6.07) is 8.20. The van der Waals surface area contributed by atoms with Crippen LogP contribution in [0.5, 0.6) is 0 Å². The number of amides is 1. The molecule has 0 saturated heterocycles. The number of aromatic nitrogens is 2. The lowest BCUT2D eigenvalue weighted by Gasteiger charge is -2.22. The quantitative estimate of drug-likeness (QED) is 0.749. The first-order valence-electron chi connectivity index (χ1n) is 7.70. The maximum absolute atomic E-state index is 10.9. The second-order valence-corrected chi connectivity index (χ2v) is 6.61. The van der Waals surface area contributed by atoms with Crippen molar-refractivity contribution in [3.63, 3.8) is 0 Å². The molecule has 0 aliphatic carbocycles. The van der Waals surface area contributed by atoms with Gasteiger partial charge in [0, 0.05) is 19.5 Å². The molecule has 0 saturated carbocycles. The van der Waals surface area contributed by atoms with E-state index in [-0.39, 0.29) is 11.7 Å². The van der Waals surface area contributed by atoms with E-state index >= 15 is 0 Å². The fourth-order valence-electron chi connectivity index (χ4n) is 2.14. The van der Waals surface area contributed by atoms with Crippen LogP contribution in [0, 0.1) is 0 Å². The Bertz CT molecular complexity index is 671. The Morgan fingerprint density at radius 2 is 2.00 bits per heavy atom. The molecule has 1 aromatic carbocycles. The standard InChI is InChI=1S/C10H10N2O.C7H15NO2/c1-2-4-9-8(3-1)10-7-13-6-5-12(10)11-9;1-7(2,3)10-6(9)8(4)5/h1-4H,5-7H2;1-5H3. The summed E-state index contributed by atoms with van der Waals surface area (Å²) in [6.07, 6.45) is -0.299. The molecule has 1 aromatic heterocycles. The second-order valence-electron chi connectivity index (χ2n) is 6.61. The maximum Gasteiger partial charge on any atom is 0.409 e. The predicted octanol–water partition coefficient (Wildman–Crippen LogP) is 3.05. The van der Waals surface area contributed by atoms with Gasteiger partial charge >= 0.3 is 6.09 Å². The number of carbonyl (C=O) groups excluding carboxylic acids is 1. The average molecular weight is 319 g/mol. The van der Waals surface area contributed by atoms with Gasteiger partial charge in [0.1, 0.15) is 5.60 Å². The zero-order valence-corrected chi connectivity index (χ0v) is 14.5. The van der Waals surface area contributed by atoms with Gasteiger partial charge in [-0.2, -0.15) is 5.10 Å². The molecule has 23 heavy (non-hydrogen) atoms. The first-order chi connectivity index (χ1) is 10.8. The molecule has 1 aliphatic rings. The van der Waals surface area contributed by atoms with Crippen LogP contribution in [0.15, 0.2) is 24.3 Å². The third-order valence-corrected chi connectivity index (χ3v) is 3.20. The molecule has 0 radical (unpaired) electrons. The summed E-state index contributed by atoms with van der Waals surface area (Å²) >= 11 is 0. The first-order valence-corrected chi connectivity index (χ1v) is 7.70. The maximum atomic E-state index is 10.9. The molecular formula is C17H25N3O3. The van der Waals surface area contributed by atoms with Gasteiger partial charge in [-0.25, -0.2) is 4.79 Å². The van der Waals surface area contributed by atoms with Gasteiger partial charge in [0.25, 0.3) is 0 Å². The molecule has 1 aliphatic heterocycles. The third kappa shape index (κ3) is 4.69. The van der Waals surface area contributed by atoms with E-state index in [0.29, 0.717) is 6.61 Å². The molecule has 0 bridgehead atoms. The number of ether oxygens (including phenoxy) is 2. The van der Waals surface area contributed by atoms with Crippen molar-refractivity contribution in [1.82, 2.24) is 14.7 Å². The van der Waals surface area contributed by atoms with E-state index < -0.39 is 0 Å². The summed E-state index contributed by atoms with van der Waals surface area (Å²) in [5.74, 6) is 0. The summed E-state index contributed by atoms with van der Waals surface area (Å²) in [5, 5.41) is 5.71. The first kappa shape index (κ1) is 17.3. The second kappa shape index (κ2) is 7.00. The van der Waals surface area contributed by atoms with Gasteiger partial charge in [-0.05, 0) is 26.8 Å². The van der Waals surface area contributed by atoms with Crippen LogP contribution in [0.3, 0.4) is 0 Å². The van der Waals surface area contributed by atoms with Crippen molar-refractivity contribution in [2.24, 2.45) is 0 Å². The highest BCUT2D eigenvalue weighted by molar-refractivity contribution is 5.81. The van der Waals surface area contributed by atoms with Crippen LogP contribution in [0.1, 0.15) is 26.5 Å². The molecule has 2 aromatic rings. The molecule has 126 valence electrons. The van der Waals surface area contributed by atoms with Crippen molar-refractivity contribution in [3.8, 4) is 0 Å². The van der Waals surface area contributed by atoms with E-state index in [2.05, 4.69) is 11.2 Å². The van der Waals surface area contributed by atoms with Crippen LogP contribution in [-0.2, 0) is 22.6 Å². The van der Waals surface area contributed by atoms with E-state index in [1.165, 1.54) is 16.0 Å². The van der Waals surface area contributed by atoms with E-state index in [9.17, 15) is 4.79 Å². The van der Waals surface area contributed by atoms with Crippen LogP contribution in [0.25, 0.3) is 10.9 Å². The van der Waals surface area contributed by atoms with Gasteiger partial charge in [-0.15, -0.1) is 0 Å². The Labute approximate surface area is 137 Å². The molecule has 0 N–H and O–H groups in total. The highest BCUT2D eigenvalue weighted by atomic mass is 16.6. The van der Waals surface area contributed by atoms with Gasteiger partial charge in [-0.3, -0.25) is 4.68 Å². The van der Waals surface area contributed by atoms with Crippen LogP contribution in [-0.4, -0.2) is 47.1 Å². The van der Waals surface area contributed by atoms with E-state index in [1.807, 2.05) is 43.7 Å². The molecule has 6 heteroatoms. The minimum Gasteiger partial charge on any atom is -0.444 e. The lowest BCUT2D eigenvalue weighted by Crippen LogP contribution is -2.31. The number of carbonyl (C=O) groups is 1. The number of nitrogens with zero attached hydrogens (tertiary/aromatic N) is 3. The molecule has 0 spiro atoms. The van der Waals surface area contributed by atoms with Gasteiger partial charge in [0.05, 0.1) is 31.0 Å². The largest absolute Gasteiger partial charge is 0.444 e. The third-order valence-electron chi connectivity index (χ3n) is 3.20. The number of rotatable bonds is 0. The summed E-state index contributed by atoms with van der Waals surface area (Å²) in [6.45, 7) is 7.88. The molecular weight excluding hydrogens is 294 g/mol. The number of hydrogen-bond acceptors (Lipinski definition) is 4. The molecule has 3 rings (SSSR count). The van der Waals surface area contributed by atoms with Crippen molar-refractivity contribution in [1.29, 1.82) is 0 Å². The smallest absolute Gasteiger partial charge is 0.409 e. The zero-order valence-electron chi connectivity index (χ0n) is 14.5. The summed E-state index contributed by atoms with van der Waals surface area (Å²) in [5.41, 5.74) is 1.89. The molecule has 0 fully saturated rings. The highest BCUT2D eigenvalue weighted by Crippen LogP contribution is 2.20. The van der Waals surface area contributed by atoms with Crippen molar-refractivity contribution < 1.29 is 14.3 Å². The molecule has 6 nitrogen and oxygen atoms in total. The fraction of sp³-hybridized carbons (Fsp3) is 0.529. The monoisotopic (exact) mass is 319 g/mol. The Morgan fingerprint density at radius 3 is 2.61 bits per heavy atom. The topological polar surface area (TPSA) is 56.6 Å². The average Bonchev–Trinajstić information content (AvgIpc) is 2.84. The predicted molar refractivity (Wildman–Crippen MR) is 89.3 cm³/mol. The van der Waals surface area contributed by atoms with Crippen molar-refractivity contribution in [2.75, 3.05) is 20.7 Å². The molecule has 1 amide bonds. The van der Waals surface area contributed by atoms with E-state index in [1.54, 1.807) is 14.1 Å². The minimum atomic E-state index is -0.388. The van der Waals surface area contributed by atoms with Gasteiger partial charge in [0.15, 0.2) is 0 Å². The van der Waals surface area contributed by atoms with Crippen molar-refractivity contribution in [3.05, 3.63) is 30.0 Å². The minimum absolute atomic E-state index is 0.299. The van der Waals surface area contributed by atoms with E-state index in [0.717, 1.165) is 18.7 Å². The van der Waals surface area contributed by atoms with Gasteiger partial charge in [-0.1, -0.05) is 18.2 Å². The Hall–Kier alpha value is -2.08. The summed E-state index contributed by atoms with van der Waals surface area (Å²) in [7, 11) is 3.32. The highest BCUT2D eigenvalue weighted by Gasteiger charge is 2.17. The lowest BCUT2D eigenvalue weighted by atomic mass is 10.2. The Kier molecular flexibility index (Phi) is 5.26. The number of hydrogen-bond donors (Lipinski definition) is 0. The van der Waals surface area contributed by atoms with Crippen molar-refractivity contribution >= 4 is 17.0 Å². The zero-order chi connectivity index (χ0) is 17.0. The molecule has 0 unspecified atom stereocenters. The summed E-state index contributed by atoms with van der Waals surface area (Å²) < 4.78 is 12.4. The Morgan fingerprint density at radius 1 is 1.30 bits per heavy atom. The van der Waals surface area contributed by atoms with Crippen LogP contribution in [0.2, 0.25) is 0 Å². The molecule has 2 heterocycles. The summed E-state index contributed by atoms with van der Waals surface area (Å²) in [4.78, 5) is 12.3. The fourth-order valence-corrected chi connectivity index (χ4v) is 2.14. The van der Waals surface area contributed by atoms with Crippen LogP contribution >= 0.6 is 0 Å². The van der Waals surface area contributed by atoms with Crippen molar-refractivity contribution in [2.45, 2.75) is 39.5 Å². The normalized spacial score (nSPS) is 13.8. The van der Waals surface area contributed by atoms with Gasteiger partial charge in [0.2, 0.25) is 0 Å².